The molecule has 0 radical (unpaired) electrons. The number of hydrogen-bond acceptors (Lipinski definition) is 6. The van der Waals surface area contributed by atoms with Gasteiger partial charge in [-0.3, -0.25) is 4.90 Å². The van der Waals surface area contributed by atoms with E-state index in [0.717, 1.165) is 37.2 Å². The maximum Gasteiger partial charge on any atom is 0.153 e. The quantitative estimate of drug-likeness (QED) is 0.765. The van der Waals surface area contributed by atoms with Gasteiger partial charge in [0.2, 0.25) is 0 Å². The first kappa shape index (κ1) is 17.8. The second-order valence-corrected chi connectivity index (χ2v) is 7.31. The molecule has 1 atom stereocenters. The van der Waals surface area contributed by atoms with E-state index in [1.165, 1.54) is 12.4 Å². The molecule has 0 saturated carbocycles. The summed E-state index contributed by atoms with van der Waals surface area (Å²) in [5, 5.41) is 0. The van der Waals surface area contributed by atoms with Crippen molar-refractivity contribution >= 4 is 16.9 Å². The molecular weight excluding hydrogens is 343 g/mol. The average Bonchev–Trinajstić information content (AvgIpc) is 3.10. The summed E-state index contributed by atoms with van der Waals surface area (Å²) in [6.45, 7) is 2.76. The Hall–Kier alpha value is -2.64. The lowest BCUT2D eigenvalue weighted by atomic mass is 10.1. The van der Waals surface area contributed by atoms with Gasteiger partial charge in [0, 0.05) is 31.2 Å². The molecule has 6 nitrogen and oxygen atoms in total. The molecule has 1 fully saturated rings. The van der Waals surface area contributed by atoms with E-state index in [1.807, 2.05) is 18.2 Å². The van der Waals surface area contributed by atoms with Crippen molar-refractivity contribution in [1.29, 1.82) is 0 Å². The van der Waals surface area contributed by atoms with Crippen molar-refractivity contribution in [2.45, 2.75) is 19.0 Å². The van der Waals surface area contributed by atoms with E-state index in [9.17, 15) is 4.39 Å². The normalized spacial score (nSPS) is 17.9. The van der Waals surface area contributed by atoms with Crippen LogP contribution in [0.4, 0.5) is 10.2 Å². The maximum absolute atomic E-state index is 14.3. The Morgan fingerprint density at radius 3 is 2.85 bits per heavy atom. The van der Waals surface area contributed by atoms with Gasteiger partial charge < -0.3 is 10.6 Å². The highest BCUT2D eigenvalue weighted by Gasteiger charge is 2.24. The number of hydrogen-bond donors (Lipinski definition) is 1. The van der Waals surface area contributed by atoms with E-state index < -0.39 is 0 Å². The van der Waals surface area contributed by atoms with Crippen molar-refractivity contribution in [1.82, 2.24) is 24.8 Å². The molecule has 2 N–H and O–H groups in total. The Labute approximate surface area is 157 Å². The van der Waals surface area contributed by atoms with Crippen LogP contribution in [0.25, 0.3) is 22.3 Å². The third kappa shape index (κ3) is 3.74. The minimum absolute atomic E-state index is 0.259. The number of benzene rings is 1. The fourth-order valence-corrected chi connectivity index (χ4v) is 3.64. The van der Waals surface area contributed by atoms with Gasteiger partial charge in [-0.2, -0.15) is 0 Å². The first-order valence-corrected chi connectivity index (χ1v) is 9.05. The largest absolute Gasteiger partial charge is 0.382 e. The summed E-state index contributed by atoms with van der Waals surface area (Å²) in [6.07, 6.45) is 2.55. The third-order valence-electron chi connectivity index (χ3n) is 5.15. The van der Waals surface area contributed by atoms with Crippen LogP contribution in [0.15, 0.2) is 36.7 Å². The molecule has 27 heavy (non-hydrogen) atoms. The molecule has 3 aromatic rings. The van der Waals surface area contributed by atoms with Crippen molar-refractivity contribution in [2.75, 3.05) is 32.9 Å². The zero-order valence-corrected chi connectivity index (χ0v) is 15.6. The Balaban J connectivity index is 1.62. The van der Waals surface area contributed by atoms with Crippen LogP contribution in [0, 0.1) is 5.82 Å². The van der Waals surface area contributed by atoms with Crippen LogP contribution in [0.5, 0.6) is 0 Å². The van der Waals surface area contributed by atoms with Gasteiger partial charge in [0.1, 0.15) is 17.7 Å². The highest BCUT2D eigenvalue weighted by molar-refractivity contribution is 5.85. The molecule has 3 heterocycles. The minimum Gasteiger partial charge on any atom is -0.382 e. The molecule has 0 amide bonds. The number of halogens is 1. The molecule has 2 aromatic heterocycles. The molecule has 0 spiro atoms. The van der Waals surface area contributed by atoms with Crippen molar-refractivity contribution < 1.29 is 4.39 Å². The number of nitrogens with two attached hydrogens (primary N) is 1. The number of fused-ring (bicyclic) bond motifs is 1. The highest BCUT2D eigenvalue weighted by atomic mass is 19.1. The molecule has 1 aromatic carbocycles. The van der Waals surface area contributed by atoms with Crippen molar-refractivity contribution in [2.24, 2.45) is 0 Å². The lowest BCUT2D eigenvalue weighted by Crippen LogP contribution is -2.31. The van der Waals surface area contributed by atoms with Gasteiger partial charge in [-0.05, 0) is 56.4 Å². The summed E-state index contributed by atoms with van der Waals surface area (Å²) in [4.78, 5) is 17.3. The van der Waals surface area contributed by atoms with Gasteiger partial charge in [-0.25, -0.2) is 19.3 Å². The molecule has 140 valence electrons. The maximum atomic E-state index is 14.3. The highest BCUT2D eigenvalue weighted by Crippen LogP contribution is 2.25. The zero-order chi connectivity index (χ0) is 19.0. The van der Waals surface area contributed by atoms with Gasteiger partial charge in [0.05, 0.1) is 11.2 Å². The van der Waals surface area contributed by atoms with Crippen molar-refractivity contribution in [3.05, 3.63) is 48.0 Å². The third-order valence-corrected chi connectivity index (χ3v) is 5.15. The summed E-state index contributed by atoms with van der Waals surface area (Å²) in [7, 11) is 4.21. The molecule has 1 saturated heterocycles. The van der Waals surface area contributed by atoms with Crippen molar-refractivity contribution in [3.8, 4) is 11.3 Å². The Morgan fingerprint density at radius 1 is 1.22 bits per heavy atom. The molecule has 0 bridgehead atoms. The van der Waals surface area contributed by atoms with Crippen LogP contribution in [-0.2, 0) is 6.54 Å². The van der Waals surface area contributed by atoms with E-state index in [2.05, 4.69) is 38.8 Å². The van der Waals surface area contributed by atoms with Gasteiger partial charge >= 0.3 is 0 Å². The molecule has 1 aliphatic rings. The number of pyridine rings is 1. The van der Waals surface area contributed by atoms with E-state index in [-0.39, 0.29) is 5.82 Å². The van der Waals surface area contributed by atoms with Gasteiger partial charge in [0.15, 0.2) is 5.82 Å². The van der Waals surface area contributed by atoms with Crippen LogP contribution in [0.1, 0.15) is 12.0 Å². The Bertz CT molecular complexity index is 974. The topological polar surface area (TPSA) is 71.2 Å². The first-order valence-electron chi connectivity index (χ1n) is 9.05. The Kier molecular flexibility index (Phi) is 4.72. The lowest BCUT2D eigenvalue weighted by molar-refractivity contribution is 0.264. The predicted molar refractivity (Wildman–Crippen MR) is 105 cm³/mol. The first-order chi connectivity index (χ1) is 13.0. The summed E-state index contributed by atoms with van der Waals surface area (Å²) >= 11 is 0. The summed E-state index contributed by atoms with van der Waals surface area (Å²) in [5.41, 5.74) is 9.47. The Morgan fingerprint density at radius 2 is 2.07 bits per heavy atom. The van der Waals surface area contributed by atoms with Crippen LogP contribution in [-0.4, -0.2) is 58.0 Å². The fourth-order valence-electron chi connectivity index (χ4n) is 3.64. The standard InChI is InChI=1S/C20H23FN6/c1-26(2)16-5-6-27(11-16)10-13-7-14(9-15(21)8-13)17-3-4-18-19(25-17)20(22)24-12-23-18/h3-4,7-9,12,16H,5-6,10-11H2,1-2H3,(H2,22,23,24). The number of likely N-dealkylation sites (tertiary alicyclic amines) is 1. The summed E-state index contributed by atoms with van der Waals surface area (Å²) < 4.78 is 14.3. The van der Waals surface area contributed by atoms with E-state index in [4.69, 9.17) is 5.73 Å². The monoisotopic (exact) mass is 366 g/mol. The summed E-state index contributed by atoms with van der Waals surface area (Å²) in [6, 6.07) is 9.34. The number of nitrogens with zero attached hydrogens (tertiary/aromatic N) is 5. The predicted octanol–water partition coefficient (Wildman–Crippen LogP) is 2.55. The van der Waals surface area contributed by atoms with Gasteiger partial charge in [0.25, 0.3) is 0 Å². The lowest BCUT2D eigenvalue weighted by Gasteiger charge is -2.20. The number of likely N-dealkylation sites (N-methyl/N-ethyl adjacent to an activating group) is 1. The summed E-state index contributed by atoms with van der Waals surface area (Å²) in [5.74, 6) is 0.0651. The van der Waals surface area contributed by atoms with E-state index in [0.29, 0.717) is 28.6 Å². The number of rotatable bonds is 4. The molecule has 1 unspecified atom stereocenters. The van der Waals surface area contributed by atoms with Crippen LogP contribution >= 0.6 is 0 Å². The van der Waals surface area contributed by atoms with Crippen LogP contribution < -0.4 is 5.73 Å². The second-order valence-electron chi connectivity index (χ2n) is 7.31. The fraction of sp³-hybridized carbons (Fsp3) is 0.350. The average molecular weight is 366 g/mol. The molecule has 0 aliphatic carbocycles. The number of aromatic nitrogens is 3. The number of anilines is 1. The van der Waals surface area contributed by atoms with E-state index in [1.54, 1.807) is 6.07 Å². The SMILES string of the molecule is CN(C)C1CCN(Cc2cc(F)cc(-c3ccc4ncnc(N)c4n3)c2)C1. The smallest absolute Gasteiger partial charge is 0.153 e. The van der Waals surface area contributed by atoms with Crippen LogP contribution in [0.3, 0.4) is 0 Å². The number of nitrogen functional groups attached to an aromatic ring is 1. The van der Waals surface area contributed by atoms with Gasteiger partial charge in [-0.1, -0.05) is 0 Å². The molecule has 7 heteroatoms. The van der Waals surface area contributed by atoms with E-state index >= 15 is 0 Å². The molecule has 1 aliphatic heterocycles. The van der Waals surface area contributed by atoms with Gasteiger partial charge in [-0.15, -0.1) is 0 Å². The molecular formula is C20H23FN6. The minimum atomic E-state index is -0.259. The molecule has 4 rings (SSSR count). The second kappa shape index (κ2) is 7.17. The zero-order valence-electron chi connectivity index (χ0n) is 15.6. The van der Waals surface area contributed by atoms with Crippen LogP contribution in [0.2, 0.25) is 0 Å². The van der Waals surface area contributed by atoms with Crippen molar-refractivity contribution in [3.63, 3.8) is 0 Å².